The molecular weight excluding hydrogens is 274 g/mol. The summed E-state index contributed by atoms with van der Waals surface area (Å²) in [5, 5.41) is 0. The third-order valence-electron chi connectivity index (χ3n) is 1.64. The van der Waals surface area contributed by atoms with Gasteiger partial charge in [-0.3, -0.25) is 0 Å². The van der Waals surface area contributed by atoms with Gasteiger partial charge in [-0.2, -0.15) is 9.98 Å². The van der Waals surface area contributed by atoms with Gasteiger partial charge >= 0.3 is 0 Å². The highest BCUT2D eigenvalue weighted by Gasteiger charge is 2.29. The van der Waals surface area contributed by atoms with Crippen LogP contribution in [0.3, 0.4) is 0 Å². The van der Waals surface area contributed by atoms with Crippen molar-refractivity contribution in [3.8, 4) is 0 Å². The van der Waals surface area contributed by atoms with Crippen LogP contribution in [0.15, 0.2) is 28.2 Å². The normalized spacial score (nSPS) is 10.2. The molecule has 0 aliphatic carbocycles. The van der Waals surface area contributed by atoms with Crippen molar-refractivity contribution in [3.05, 3.63) is 23.8 Å². The minimum absolute atomic E-state index is 0.0340. The Bertz CT molecular complexity index is 462. The summed E-state index contributed by atoms with van der Waals surface area (Å²) in [5.41, 5.74) is 0.213. The van der Waals surface area contributed by atoms with Crippen molar-refractivity contribution in [2.45, 2.75) is 3.79 Å². The summed E-state index contributed by atoms with van der Waals surface area (Å²) >= 11 is 17.1. The predicted molar refractivity (Wildman–Crippen MR) is 61.2 cm³/mol. The molecule has 1 aromatic rings. The molecule has 82 valence electrons. The summed E-state index contributed by atoms with van der Waals surface area (Å²) in [6, 6.07) is 4.38. The SMILES string of the molecule is O=C=Nc1cccc(N=C=O)c1C(Cl)(Cl)Cl. The van der Waals surface area contributed by atoms with Crippen molar-refractivity contribution in [1.82, 2.24) is 0 Å². The molecule has 0 saturated carbocycles. The predicted octanol–water partition coefficient (Wildman–Crippen LogP) is 3.45. The van der Waals surface area contributed by atoms with Crippen molar-refractivity contribution in [1.29, 1.82) is 0 Å². The van der Waals surface area contributed by atoms with E-state index in [-0.39, 0.29) is 16.9 Å². The molecule has 0 aromatic heterocycles. The lowest BCUT2D eigenvalue weighted by Crippen LogP contribution is -2.01. The van der Waals surface area contributed by atoms with E-state index in [9.17, 15) is 9.59 Å². The topological polar surface area (TPSA) is 58.9 Å². The highest BCUT2D eigenvalue weighted by molar-refractivity contribution is 6.67. The lowest BCUT2D eigenvalue weighted by atomic mass is 10.1. The second kappa shape index (κ2) is 5.26. The Labute approximate surface area is 106 Å². The first-order valence-corrected chi connectivity index (χ1v) is 5.00. The number of hydrogen-bond acceptors (Lipinski definition) is 4. The van der Waals surface area contributed by atoms with Crippen LogP contribution in [0.25, 0.3) is 0 Å². The number of rotatable bonds is 2. The van der Waals surface area contributed by atoms with E-state index < -0.39 is 3.79 Å². The Morgan fingerprint density at radius 2 is 1.44 bits per heavy atom. The van der Waals surface area contributed by atoms with Gasteiger partial charge in [0.1, 0.15) is 0 Å². The summed E-state index contributed by atoms with van der Waals surface area (Å²) in [7, 11) is 0. The second-order valence-corrected chi connectivity index (χ2v) is 4.86. The highest BCUT2D eigenvalue weighted by atomic mass is 35.6. The number of halogens is 3. The van der Waals surface area contributed by atoms with Crippen molar-refractivity contribution < 1.29 is 9.59 Å². The van der Waals surface area contributed by atoms with E-state index in [0.29, 0.717) is 0 Å². The Hall–Kier alpha value is -1.15. The maximum Gasteiger partial charge on any atom is 0.240 e. The third kappa shape index (κ3) is 2.92. The molecule has 16 heavy (non-hydrogen) atoms. The summed E-state index contributed by atoms with van der Waals surface area (Å²) in [4.78, 5) is 27.1. The quantitative estimate of drug-likeness (QED) is 0.472. The molecule has 0 fully saturated rings. The van der Waals surface area contributed by atoms with Crippen LogP contribution in [0.1, 0.15) is 5.56 Å². The van der Waals surface area contributed by atoms with Crippen LogP contribution < -0.4 is 0 Å². The number of nitrogens with zero attached hydrogens (tertiary/aromatic N) is 2. The Morgan fingerprint density at radius 3 is 1.75 bits per heavy atom. The number of isocyanates is 2. The fourth-order valence-electron chi connectivity index (χ4n) is 1.10. The first-order chi connectivity index (χ1) is 7.50. The van der Waals surface area contributed by atoms with Gasteiger partial charge in [0.15, 0.2) is 0 Å². The van der Waals surface area contributed by atoms with E-state index in [4.69, 9.17) is 34.8 Å². The minimum atomic E-state index is -1.85. The fourth-order valence-corrected chi connectivity index (χ4v) is 1.68. The maximum atomic E-state index is 10.2. The third-order valence-corrected chi connectivity index (χ3v) is 2.20. The molecule has 0 spiro atoms. The van der Waals surface area contributed by atoms with Crippen molar-refractivity contribution in [2.75, 3.05) is 0 Å². The standard InChI is InChI=1S/C9H3Cl3N2O2/c10-9(11,12)8-6(13-4-15)2-1-3-7(8)14-5-16/h1-3H. The molecule has 1 rings (SSSR count). The summed E-state index contributed by atoms with van der Waals surface area (Å²) in [5.74, 6) is 0. The van der Waals surface area contributed by atoms with Gasteiger partial charge < -0.3 is 0 Å². The summed E-state index contributed by atoms with van der Waals surface area (Å²) in [6.45, 7) is 0. The van der Waals surface area contributed by atoms with Gasteiger partial charge in [-0.25, -0.2) is 9.59 Å². The smallest absolute Gasteiger partial charge is 0.211 e. The molecular formula is C9H3Cl3N2O2. The Morgan fingerprint density at radius 1 is 1.00 bits per heavy atom. The van der Waals surface area contributed by atoms with Crippen LogP contribution >= 0.6 is 34.8 Å². The van der Waals surface area contributed by atoms with Crippen molar-refractivity contribution >= 4 is 58.3 Å². The molecule has 4 nitrogen and oxygen atoms in total. The zero-order valence-corrected chi connectivity index (χ0v) is 9.84. The van der Waals surface area contributed by atoms with Gasteiger partial charge in [0, 0.05) is 0 Å². The average Bonchev–Trinajstić information content (AvgIpc) is 2.17. The molecule has 0 bridgehead atoms. The minimum Gasteiger partial charge on any atom is -0.211 e. The average molecular weight is 277 g/mol. The molecule has 0 aliphatic heterocycles. The molecule has 0 aliphatic rings. The molecule has 0 unspecified atom stereocenters. The molecule has 0 heterocycles. The molecule has 1 aromatic carbocycles. The number of benzene rings is 1. The lowest BCUT2D eigenvalue weighted by Gasteiger charge is -2.14. The highest BCUT2D eigenvalue weighted by Crippen LogP contribution is 2.47. The largest absolute Gasteiger partial charge is 0.240 e. The van der Waals surface area contributed by atoms with E-state index in [0.717, 1.165) is 0 Å². The van der Waals surface area contributed by atoms with Crippen LogP contribution in [0, 0.1) is 0 Å². The van der Waals surface area contributed by atoms with E-state index in [2.05, 4.69) is 9.98 Å². The molecule has 0 atom stereocenters. The van der Waals surface area contributed by atoms with Gasteiger partial charge in [-0.1, -0.05) is 40.9 Å². The molecule has 0 N–H and O–H groups in total. The number of hydrogen-bond donors (Lipinski definition) is 0. The van der Waals surface area contributed by atoms with Gasteiger partial charge in [-0.15, -0.1) is 0 Å². The van der Waals surface area contributed by atoms with E-state index >= 15 is 0 Å². The van der Waals surface area contributed by atoms with Gasteiger partial charge in [0.2, 0.25) is 16.0 Å². The summed E-state index contributed by atoms with van der Waals surface area (Å²) in [6.07, 6.45) is 2.65. The molecule has 0 radical (unpaired) electrons. The van der Waals surface area contributed by atoms with Crippen molar-refractivity contribution in [2.24, 2.45) is 9.98 Å². The monoisotopic (exact) mass is 276 g/mol. The molecule has 0 saturated heterocycles. The van der Waals surface area contributed by atoms with Crippen LogP contribution in [0.5, 0.6) is 0 Å². The van der Waals surface area contributed by atoms with Crippen LogP contribution in [0.2, 0.25) is 0 Å². The summed E-state index contributed by atoms with van der Waals surface area (Å²) < 4.78 is -1.85. The zero-order valence-electron chi connectivity index (χ0n) is 7.58. The van der Waals surface area contributed by atoms with Crippen LogP contribution in [0.4, 0.5) is 11.4 Å². The van der Waals surface area contributed by atoms with Crippen LogP contribution in [-0.4, -0.2) is 12.2 Å². The van der Waals surface area contributed by atoms with Gasteiger partial charge in [0.05, 0.1) is 16.9 Å². The Kier molecular flexibility index (Phi) is 4.25. The fraction of sp³-hybridized carbons (Fsp3) is 0.111. The van der Waals surface area contributed by atoms with E-state index in [1.807, 2.05) is 0 Å². The van der Waals surface area contributed by atoms with E-state index in [1.54, 1.807) is 0 Å². The number of alkyl halides is 3. The lowest BCUT2D eigenvalue weighted by molar-refractivity contribution is 0.565. The molecule has 0 amide bonds. The van der Waals surface area contributed by atoms with Gasteiger partial charge in [-0.05, 0) is 12.1 Å². The second-order valence-electron chi connectivity index (χ2n) is 2.58. The van der Waals surface area contributed by atoms with Crippen LogP contribution in [-0.2, 0) is 13.4 Å². The van der Waals surface area contributed by atoms with Gasteiger partial charge in [0.25, 0.3) is 0 Å². The Balaban J connectivity index is 3.59. The van der Waals surface area contributed by atoms with Crippen molar-refractivity contribution in [3.63, 3.8) is 0 Å². The first kappa shape index (κ1) is 12.9. The zero-order chi connectivity index (χ0) is 12.2. The van der Waals surface area contributed by atoms with E-state index in [1.165, 1.54) is 30.4 Å². The maximum absolute atomic E-state index is 10.2. The number of aliphatic imine (C=N–C) groups is 2. The first-order valence-electron chi connectivity index (χ1n) is 3.86. The molecule has 7 heteroatoms. The number of carbonyl (C=O) groups excluding carboxylic acids is 2.